The lowest BCUT2D eigenvalue weighted by Crippen LogP contribution is -2.29. The highest BCUT2D eigenvalue weighted by Crippen LogP contribution is 2.14. The van der Waals surface area contributed by atoms with Crippen molar-refractivity contribution in [1.29, 1.82) is 0 Å². The molecule has 0 amide bonds. The van der Waals surface area contributed by atoms with Crippen LogP contribution in [-0.2, 0) is 6.42 Å². The fraction of sp³-hybridized carbons (Fsp3) is 0.739. The van der Waals surface area contributed by atoms with E-state index in [2.05, 4.69) is 6.92 Å². The standard InChI is InChI=1S/C23H41BO2/c1-2-3-4-5-6-7-8-9-10-11-12-13-14-15-16-17-22-18-20-23(21-19-22)24(25)26/h18-21,25-26H,2-17H2,1H3. The summed E-state index contributed by atoms with van der Waals surface area (Å²) in [6, 6.07) is 7.65. The minimum atomic E-state index is -1.35. The van der Waals surface area contributed by atoms with Crippen LogP contribution in [0.25, 0.3) is 0 Å². The third-order valence-electron chi connectivity index (χ3n) is 5.35. The minimum Gasteiger partial charge on any atom is -0.423 e. The predicted molar refractivity (Wildman–Crippen MR) is 115 cm³/mol. The molecule has 3 heteroatoms. The average Bonchev–Trinajstić information content (AvgIpc) is 2.65. The van der Waals surface area contributed by atoms with Gasteiger partial charge in [-0.2, -0.15) is 0 Å². The lowest BCUT2D eigenvalue weighted by atomic mass is 9.80. The van der Waals surface area contributed by atoms with Crippen molar-refractivity contribution in [2.45, 2.75) is 110 Å². The van der Waals surface area contributed by atoms with Crippen LogP contribution in [0.5, 0.6) is 0 Å². The van der Waals surface area contributed by atoms with Gasteiger partial charge in [0.15, 0.2) is 0 Å². The molecule has 0 aliphatic rings. The second kappa shape index (κ2) is 16.4. The highest BCUT2D eigenvalue weighted by atomic mass is 16.4. The number of rotatable bonds is 17. The van der Waals surface area contributed by atoms with Crippen molar-refractivity contribution < 1.29 is 10.0 Å². The van der Waals surface area contributed by atoms with Gasteiger partial charge in [0.2, 0.25) is 0 Å². The van der Waals surface area contributed by atoms with Crippen LogP contribution in [0.3, 0.4) is 0 Å². The van der Waals surface area contributed by atoms with Gasteiger partial charge < -0.3 is 10.0 Å². The second-order valence-electron chi connectivity index (χ2n) is 7.81. The highest BCUT2D eigenvalue weighted by Gasteiger charge is 2.09. The number of hydrogen-bond acceptors (Lipinski definition) is 2. The van der Waals surface area contributed by atoms with E-state index in [4.69, 9.17) is 10.0 Å². The molecule has 1 rings (SSSR count). The summed E-state index contributed by atoms with van der Waals surface area (Å²) in [5.74, 6) is 0. The fourth-order valence-electron chi connectivity index (χ4n) is 3.56. The third-order valence-corrected chi connectivity index (χ3v) is 5.35. The molecule has 0 spiro atoms. The molecule has 0 fully saturated rings. The number of hydrogen-bond donors (Lipinski definition) is 2. The molecule has 0 aliphatic carbocycles. The van der Waals surface area contributed by atoms with E-state index in [1.807, 2.05) is 24.3 Å². The van der Waals surface area contributed by atoms with Crippen LogP contribution in [0.4, 0.5) is 0 Å². The molecule has 1 aromatic carbocycles. The normalized spacial score (nSPS) is 11.0. The SMILES string of the molecule is CCCCCCCCCCCCCCCCCc1ccc(B(O)O)cc1. The molecule has 0 radical (unpaired) electrons. The molecular weight excluding hydrogens is 319 g/mol. The molecular formula is C23H41BO2. The summed E-state index contributed by atoms with van der Waals surface area (Å²) in [6.07, 6.45) is 22.0. The van der Waals surface area contributed by atoms with E-state index in [9.17, 15) is 0 Å². The molecule has 2 N–H and O–H groups in total. The topological polar surface area (TPSA) is 40.5 Å². The van der Waals surface area contributed by atoms with E-state index < -0.39 is 7.12 Å². The summed E-state index contributed by atoms with van der Waals surface area (Å²) in [7, 11) is -1.35. The Morgan fingerprint density at radius 3 is 1.35 bits per heavy atom. The molecule has 0 unspecified atom stereocenters. The number of unbranched alkanes of at least 4 members (excludes halogenated alkanes) is 14. The molecule has 2 nitrogen and oxygen atoms in total. The van der Waals surface area contributed by atoms with Gasteiger partial charge >= 0.3 is 7.12 Å². The lowest BCUT2D eigenvalue weighted by molar-refractivity contribution is 0.426. The van der Waals surface area contributed by atoms with Gasteiger partial charge in [0.25, 0.3) is 0 Å². The van der Waals surface area contributed by atoms with Crippen molar-refractivity contribution in [3.05, 3.63) is 29.8 Å². The van der Waals surface area contributed by atoms with E-state index in [0.717, 1.165) is 6.42 Å². The molecule has 0 atom stereocenters. The van der Waals surface area contributed by atoms with Crippen LogP contribution < -0.4 is 5.46 Å². The van der Waals surface area contributed by atoms with Gasteiger partial charge in [-0.25, -0.2) is 0 Å². The maximum atomic E-state index is 9.09. The maximum Gasteiger partial charge on any atom is 0.488 e. The first-order valence-corrected chi connectivity index (χ1v) is 11.2. The molecule has 0 heterocycles. The van der Waals surface area contributed by atoms with Gasteiger partial charge in [0.1, 0.15) is 0 Å². The summed E-state index contributed by atoms with van der Waals surface area (Å²) in [5, 5.41) is 18.2. The molecule has 148 valence electrons. The van der Waals surface area contributed by atoms with Gasteiger partial charge in [0, 0.05) is 0 Å². The lowest BCUT2D eigenvalue weighted by Gasteiger charge is -2.05. The van der Waals surface area contributed by atoms with Crippen LogP contribution >= 0.6 is 0 Å². The smallest absolute Gasteiger partial charge is 0.423 e. The summed E-state index contributed by atoms with van der Waals surface area (Å²) in [5.41, 5.74) is 1.87. The minimum absolute atomic E-state index is 0.574. The summed E-state index contributed by atoms with van der Waals surface area (Å²) in [6.45, 7) is 2.28. The zero-order chi connectivity index (χ0) is 18.9. The second-order valence-corrected chi connectivity index (χ2v) is 7.81. The molecule has 0 saturated heterocycles. The summed E-state index contributed by atoms with van der Waals surface area (Å²) < 4.78 is 0. The molecule has 0 bridgehead atoms. The summed E-state index contributed by atoms with van der Waals surface area (Å²) in [4.78, 5) is 0. The molecule has 1 aromatic rings. The van der Waals surface area contributed by atoms with Gasteiger partial charge in [0.05, 0.1) is 0 Å². The van der Waals surface area contributed by atoms with E-state index in [1.54, 1.807) is 0 Å². The van der Waals surface area contributed by atoms with E-state index in [-0.39, 0.29) is 0 Å². The van der Waals surface area contributed by atoms with Gasteiger partial charge in [-0.1, -0.05) is 121 Å². The Balaban J connectivity index is 1.82. The molecule has 26 heavy (non-hydrogen) atoms. The van der Waals surface area contributed by atoms with Gasteiger partial charge in [-0.15, -0.1) is 0 Å². The van der Waals surface area contributed by atoms with Crippen LogP contribution in [0.2, 0.25) is 0 Å². The largest absolute Gasteiger partial charge is 0.488 e. The van der Waals surface area contributed by atoms with Crippen molar-refractivity contribution in [3.8, 4) is 0 Å². The first-order chi connectivity index (χ1) is 12.7. The Kier molecular flexibility index (Phi) is 14.6. The van der Waals surface area contributed by atoms with Crippen molar-refractivity contribution in [2.24, 2.45) is 0 Å². The summed E-state index contributed by atoms with van der Waals surface area (Å²) >= 11 is 0. The molecule has 0 aliphatic heterocycles. The van der Waals surface area contributed by atoms with Crippen LogP contribution in [0.15, 0.2) is 24.3 Å². The Morgan fingerprint density at radius 1 is 0.577 bits per heavy atom. The van der Waals surface area contributed by atoms with Crippen molar-refractivity contribution in [3.63, 3.8) is 0 Å². The van der Waals surface area contributed by atoms with Crippen LogP contribution in [0.1, 0.15) is 109 Å². The Morgan fingerprint density at radius 2 is 0.962 bits per heavy atom. The monoisotopic (exact) mass is 360 g/mol. The molecule has 0 saturated carbocycles. The van der Waals surface area contributed by atoms with Gasteiger partial charge in [-0.3, -0.25) is 0 Å². The Bertz CT molecular complexity index is 417. The van der Waals surface area contributed by atoms with Gasteiger partial charge in [-0.05, 0) is 23.9 Å². The first-order valence-electron chi connectivity index (χ1n) is 11.2. The zero-order valence-electron chi connectivity index (χ0n) is 17.1. The maximum absolute atomic E-state index is 9.09. The average molecular weight is 360 g/mol. The van der Waals surface area contributed by atoms with Crippen LogP contribution in [-0.4, -0.2) is 17.2 Å². The number of aryl methyl sites for hydroxylation is 1. The van der Waals surface area contributed by atoms with Crippen molar-refractivity contribution in [2.75, 3.05) is 0 Å². The third kappa shape index (κ3) is 12.5. The zero-order valence-corrected chi connectivity index (χ0v) is 17.1. The Labute approximate surface area is 162 Å². The predicted octanol–water partition coefficient (Wildman–Crippen LogP) is 5.78. The highest BCUT2D eigenvalue weighted by molar-refractivity contribution is 6.58. The quantitative estimate of drug-likeness (QED) is 0.273. The van der Waals surface area contributed by atoms with Crippen molar-refractivity contribution >= 4 is 12.6 Å². The fourth-order valence-corrected chi connectivity index (χ4v) is 3.56. The first kappa shape index (κ1) is 23.2. The Hall–Kier alpha value is -0.795. The molecule has 0 aromatic heterocycles. The van der Waals surface area contributed by atoms with E-state index >= 15 is 0 Å². The van der Waals surface area contributed by atoms with Crippen molar-refractivity contribution in [1.82, 2.24) is 0 Å². The number of benzene rings is 1. The van der Waals surface area contributed by atoms with Crippen LogP contribution in [0, 0.1) is 0 Å². The van der Waals surface area contributed by atoms with E-state index in [1.165, 1.54) is 102 Å². The van der Waals surface area contributed by atoms with E-state index in [0.29, 0.717) is 5.46 Å².